The van der Waals surface area contributed by atoms with Crippen molar-refractivity contribution in [1.29, 1.82) is 5.26 Å². The highest BCUT2D eigenvalue weighted by Crippen LogP contribution is 2.19. The number of carbonyl (C=O) groups excluding carboxylic acids is 1. The minimum Gasteiger partial charge on any atom is -0.481 e. The van der Waals surface area contributed by atoms with E-state index in [1.54, 1.807) is 11.1 Å². The Morgan fingerprint density at radius 1 is 1.31 bits per heavy atom. The fourth-order valence-electron chi connectivity index (χ4n) is 3.01. The van der Waals surface area contributed by atoms with Gasteiger partial charge in [-0.15, -0.1) is 0 Å². The number of nitrogens with zero attached hydrogens (tertiary/aromatic N) is 3. The summed E-state index contributed by atoms with van der Waals surface area (Å²) in [6.45, 7) is 5.37. The first-order valence-electron chi connectivity index (χ1n) is 8.86. The highest BCUT2D eigenvalue weighted by atomic mass is 16.4. The summed E-state index contributed by atoms with van der Waals surface area (Å²) in [6, 6.07) is 11.6. The van der Waals surface area contributed by atoms with E-state index in [9.17, 15) is 14.9 Å². The van der Waals surface area contributed by atoms with Crippen LogP contribution in [0.2, 0.25) is 0 Å². The minimum absolute atomic E-state index is 0.0443. The lowest BCUT2D eigenvalue weighted by Crippen LogP contribution is -2.38. The highest BCUT2D eigenvalue weighted by molar-refractivity contribution is 5.97. The molecule has 1 heterocycles. The van der Waals surface area contributed by atoms with Gasteiger partial charge in [-0.25, -0.2) is 0 Å². The summed E-state index contributed by atoms with van der Waals surface area (Å²) in [7, 11) is 0. The largest absolute Gasteiger partial charge is 0.481 e. The molecule has 1 saturated heterocycles. The molecule has 1 N–H and O–H groups in total. The smallest absolute Gasteiger partial charge is 0.306 e. The number of carbonyl (C=O) groups is 2. The van der Waals surface area contributed by atoms with Crippen LogP contribution in [0.25, 0.3) is 0 Å². The van der Waals surface area contributed by atoms with Crippen molar-refractivity contribution in [2.45, 2.75) is 39.3 Å². The number of piperidine rings is 1. The summed E-state index contributed by atoms with van der Waals surface area (Å²) >= 11 is 0. The molecule has 1 aromatic rings. The molecule has 0 saturated carbocycles. The third-order valence-corrected chi connectivity index (χ3v) is 4.62. The first-order chi connectivity index (χ1) is 12.4. The number of carboxylic acids is 1. The van der Waals surface area contributed by atoms with E-state index in [-0.39, 0.29) is 23.4 Å². The number of benzene rings is 1. The van der Waals surface area contributed by atoms with E-state index in [4.69, 9.17) is 5.11 Å². The Morgan fingerprint density at radius 2 is 1.92 bits per heavy atom. The first kappa shape index (κ1) is 19.5. The van der Waals surface area contributed by atoms with E-state index in [1.165, 1.54) is 0 Å². The predicted octanol–water partition coefficient (Wildman–Crippen LogP) is 2.63. The number of hydrogen-bond donors (Lipinski definition) is 1. The molecule has 138 valence electrons. The van der Waals surface area contributed by atoms with E-state index in [0.29, 0.717) is 32.5 Å². The second kappa shape index (κ2) is 9.04. The lowest BCUT2D eigenvalue weighted by molar-refractivity contribution is -0.143. The van der Waals surface area contributed by atoms with Crippen LogP contribution in [-0.2, 0) is 16.1 Å². The molecule has 2 rings (SSSR count). The molecular weight excluding hydrogens is 330 g/mol. The van der Waals surface area contributed by atoms with Crippen LogP contribution < -0.4 is 0 Å². The standard InChI is InChI=1S/C20H25N3O3/c1-15(2)23(13-16-6-4-3-5-7-16)19(24)18(12-21)14-22-10-8-17(9-11-22)20(25)26/h3-7,14-15,17H,8-11,13H2,1-2H3,(H,25,26)/b18-14-. The molecule has 0 aliphatic carbocycles. The fourth-order valence-corrected chi connectivity index (χ4v) is 3.01. The Hall–Kier alpha value is -2.81. The maximum Gasteiger partial charge on any atom is 0.306 e. The van der Waals surface area contributed by atoms with Crippen molar-refractivity contribution in [2.75, 3.05) is 13.1 Å². The monoisotopic (exact) mass is 355 g/mol. The van der Waals surface area contributed by atoms with Gasteiger partial charge in [-0.3, -0.25) is 9.59 Å². The SMILES string of the molecule is CC(C)N(Cc1ccccc1)C(=O)/C(C#N)=C\N1CCC(C(=O)O)CC1. The van der Waals surface area contributed by atoms with Gasteiger partial charge >= 0.3 is 5.97 Å². The van der Waals surface area contributed by atoms with Crippen LogP contribution >= 0.6 is 0 Å². The lowest BCUT2D eigenvalue weighted by atomic mass is 9.97. The van der Waals surface area contributed by atoms with Gasteiger partial charge < -0.3 is 14.9 Å². The van der Waals surface area contributed by atoms with Crippen molar-refractivity contribution in [2.24, 2.45) is 5.92 Å². The highest BCUT2D eigenvalue weighted by Gasteiger charge is 2.26. The number of likely N-dealkylation sites (tertiary alicyclic amines) is 1. The zero-order chi connectivity index (χ0) is 19.1. The Kier molecular flexibility index (Phi) is 6.79. The van der Waals surface area contributed by atoms with Gasteiger partial charge in [0.15, 0.2) is 0 Å². The fraction of sp³-hybridized carbons (Fsp3) is 0.450. The molecule has 0 atom stereocenters. The summed E-state index contributed by atoms with van der Waals surface area (Å²) in [6.07, 6.45) is 2.63. The molecular formula is C20H25N3O3. The van der Waals surface area contributed by atoms with Crippen molar-refractivity contribution in [3.8, 4) is 6.07 Å². The Bertz CT molecular complexity index is 699. The van der Waals surface area contributed by atoms with Crippen LogP contribution in [0.3, 0.4) is 0 Å². The topological polar surface area (TPSA) is 84.6 Å². The first-order valence-corrected chi connectivity index (χ1v) is 8.86. The summed E-state index contributed by atoms with van der Waals surface area (Å²) < 4.78 is 0. The van der Waals surface area contributed by atoms with Gasteiger partial charge in [0.25, 0.3) is 5.91 Å². The number of rotatable bonds is 6. The van der Waals surface area contributed by atoms with E-state index < -0.39 is 5.97 Å². The molecule has 6 heteroatoms. The van der Waals surface area contributed by atoms with Crippen LogP contribution in [-0.4, -0.2) is 45.9 Å². The molecule has 1 aliphatic heterocycles. The van der Waals surface area contributed by atoms with Crippen LogP contribution in [0, 0.1) is 17.2 Å². The molecule has 1 amide bonds. The number of carboxylic acid groups (broad SMARTS) is 1. The number of aliphatic carboxylic acids is 1. The van der Waals surface area contributed by atoms with Crippen LogP contribution in [0.1, 0.15) is 32.3 Å². The van der Waals surface area contributed by atoms with Crippen molar-refractivity contribution < 1.29 is 14.7 Å². The maximum atomic E-state index is 12.9. The third-order valence-electron chi connectivity index (χ3n) is 4.62. The van der Waals surface area contributed by atoms with Crippen LogP contribution in [0.4, 0.5) is 0 Å². The van der Waals surface area contributed by atoms with Crippen molar-refractivity contribution >= 4 is 11.9 Å². The maximum absolute atomic E-state index is 12.9. The zero-order valence-electron chi connectivity index (χ0n) is 15.3. The molecule has 1 aromatic carbocycles. The second-order valence-corrected chi connectivity index (χ2v) is 6.82. The van der Waals surface area contributed by atoms with Crippen molar-refractivity contribution in [3.05, 3.63) is 47.7 Å². The average Bonchev–Trinajstić information content (AvgIpc) is 2.64. The molecule has 6 nitrogen and oxygen atoms in total. The van der Waals surface area contributed by atoms with Gasteiger partial charge in [-0.1, -0.05) is 30.3 Å². The van der Waals surface area contributed by atoms with Gasteiger partial charge in [0, 0.05) is 31.9 Å². The number of hydrogen-bond acceptors (Lipinski definition) is 4. The van der Waals surface area contributed by atoms with Gasteiger partial charge in [0.1, 0.15) is 11.6 Å². The van der Waals surface area contributed by atoms with E-state index in [2.05, 4.69) is 0 Å². The minimum atomic E-state index is -0.779. The molecule has 0 bridgehead atoms. The molecule has 0 radical (unpaired) electrons. The normalized spacial score (nSPS) is 15.6. The average molecular weight is 355 g/mol. The Labute approximate surface area is 154 Å². The number of amides is 1. The van der Waals surface area contributed by atoms with E-state index in [0.717, 1.165) is 5.56 Å². The van der Waals surface area contributed by atoms with E-state index >= 15 is 0 Å². The molecule has 0 aromatic heterocycles. The van der Waals surface area contributed by atoms with Gasteiger partial charge in [0.2, 0.25) is 0 Å². The molecule has 1 fully saturated rings. The molecule has 1 aliphatic rings. The second-order valence-electron chi connectivity index (χ2n) is 6.82. The summed E-state index contributed by atoms with van der Waals surface area (Å²) in [4.78, 5) is 27.5. The lowest BCUT2D eigenvalue weighted by Gasteiger charge is -2.30. The summed E-state index contributed by atoms with van der Waals surface area (Å²) in [5.41, 5.74) is 1.09. The summed E-state index contributed by atoms with van der Waals surface area (Å²) in [5, 5.41) is 18.5. The number of nitriles is 1. The Balaban J connectivity index is 2.10. The van der Waals surface area contributed by atoms with Crippen LogP contribution in [0.15, 0.2) is 42.1 Å². The third kappa shape index (κ3) is 5.09. The Morgan fingerprint density at radius 3 is 2.42 bits per heavy atom. The zero-order valence-corrected chi connectivity index (χ0v) is 15.3. The van der Waals surface area contributed by atoms with Gasteiger partial charge in [-0.05, 0) is 32.3 Å². The van der Waals surface area contributed by atoms with Gasteiger partial charge in [0.05, 0.1) is 5.92 Å². The van der Waals surface area contributed by atoms with Crippen molar-refractivity contribution in [1.82, 2.24) is 9.80 Å². The van der Waals surface area contributed by atoms with Gasteiger partial charge in [-0.2, -0.15) is 5.26 Å². The van der Waals surface area contributed by atoms with E-state index in [1.807, 2.05) is 55.1 Å². The quantitative estimate of drug-likeness (QED) is 0.626. The van der Waals surface area contributed by atoms with Crippen molar-refractivity contribution in [3.63, 3.8) is 0 Å². The van der Waals surface area contributed by atoms with Crippen LogP contribution in [0.5, 0.6) is 0 Å². The molecule has 0 unspecified atom stereocenters. The predicted molar refractivity (Wildman–Crippen MR) is 97.8 cm³/mol. The summed E-state index contributed by atoms with van der Waals surface area (Å²) in [5.74, 6) is -1.42. The molecule has 0 spiro atoms. The molecule has 26 heavy (non-hydrogen) atoms.